The highest BCUT2D eigenvalue weighted by Crippen LogP contribution is 2.20. The zero-order valence-electron chi connectivity index (χ0n) is 15.5. The van der Waals surface area contributed by atoms with E-state index in [2.05, 4.69) is 20.9 Å². The Morgan fingerprint density at radius 1 is 0.821 bits per heavy atom. The van der Waals surface area contributed by atoms with Gasteiger partial charge in [-0.2, -0.15) is 0 Å². The first-order valence-corrected chi connectivity index (χ1v) is 8.58. The molecular formula is C21H20N4O3. The van der Waals surface area contributed by atoms with Crippen LogP contribution < -0.4 is 20.7 Å². The van der Waals surface area contributed by atoms with Crippen LogP contribution in [0.15, 0.2) is 67.0 Å². The van der Waals surface area contributed by atoms with E-state index in [1.165, 1.54) is 13.1 Å². The molecule has 0 aliphatic rings. The number of carbonyl (C=O) groups excluding carboxylic acids is 2. The Hall–Kier alpha value is -3.87. The quantitative estimate of drug-likeness (QED) is 0.604. The second-order valence-corrected chi connectivity index (χ2v) is 6.03. The Morgan fingerprint density at radius 2 is 1.43 bits per heavy atom. The number of benzene rings is 2. The SMILES string of the molecule is COc1ccc(NC(=O)c2cncc(Nc3ccc(NC(C)=O)cc3)c2)cc1. The molecule has 28 heavy (non-hydrogen) atoms. The van der Waals surface area contributed by atoms with Crippen molar-refractivity contribution in [2.24, 2.45) is 0 Å². The molecule has 0 saturated heterocycles. The molecular weight excluding hydrogens is 356 g/mol. The van der Waals surface area contributed by atoms with Crippen LogP contribution in [0.4, 0.5) is 22.7 Å². The van der Waals surface area contributed by atoms with Crippen molar-refractivity contribution in [3.8, 4) is 5.75 Å². The predicted octanol–water partition coefficient (Wildman–Crippen LogP) is 4.04. The lowest BCUT2D eigenvalue weighted by Gasteiger charge is -2.10. The summed E-state index contributed by atoms with van der Waals surface area (Å²) < 4.78 is 5.11. The van der Waals surface area contributed by atoms with Crippen LogP contribution in [-0.2, 0) is 4.79 Å². The number of aromatic nitrogens is 1. The van der Waals surface area contributed by atoms with Crippen molar-refractivity contribution in [2.45, 2.75) is 6.92 Å². The number of anilines is 4. The fourth-order valence-corrected chi connectivity index (χ4v) is 2.52. The topological polar surface area (TPSA) is 92.3 Å². The zero-order valence-corrected chi connectivity index (χ0v) is 15.5. The summed E-state index contributed by atoms with van der Waals surface area (Å²) in [5.74, 6) is 0.332. The Morgan fingerprint density at radius 3 is 2.07 bits per heavy atom. The highest BCUT2D eigenvalue weighted by Gasteiger charge is 2.08. The van der Waals surface area contributed by atoms with Gasteiger partial charge in [0.25, 0.3) is 5.91 Å². The maximum atomic E-state index is 12.5. The van der Waals surface area contributed by atoms with Gasteiger partial charge in [0, 0.05) is 30.2 Å². The van der Waals surface area contributed by atoms with Gasteiger partial charge in [-0.25, -0.2) is 0 Å². The molecule has 7 heteroatoms. The van der Waals surface area contributed by atoms with Crippen LogP contribution in [0.5, 0.6) is 5.75 Å². The van der Waals surface area contributed by atoms with E-state index in [0.717, 1.165) is 11.4 Å². The van der Waals surface area contributed by atoms with E-state index < -0.39 is 0 Å². The van der Waals surface area contributed by atoms with E-state index in [1.54, 1.807) is 55.8 Å². The third-order valence-electron chi connectivity index (χ3n) is 3.84. The summed E-state index contributed by atoms with van der Waals surface area (Å²) in [6.45, 7) is 1.46. The van der Waals surface area contributed by atoms with Crippen LogP contribution in [0.2, 0.25) is 0 Å². The van der Waals surface area contributed by atoms with E-state index >= 15 is 0 Å². The number of nitrogens with one attached hydrogen (secondary N) is 3. The van der Waals surface area contributed by atoms with Crippen molar-refractivity contribution < 1.29 is 14.3 Å². The van der Waals surface area contributed by atoms with E-state index in [4.69, 9.17) is 4.74 Å². The summed E-state index contributed by atoms with van der Waals surface area (Å²) in [4.78, 5) is 27.7. The monoisotopic (exact) mass is 376 g/mol. The molecule has 0 radical (unpaired) electrons. The van der Waals surface area contributed by atoms with Crippen LogP contribution in [-0.4, -0.2) is 23.9 Å². The fraction of sp³-hybridized carbons (Fsp3) is 0.0952. The molecule has 1 aromatic heterocycles. The van der Waals surface area contributed by atoms with Crippen molar-refractivity contribution in [1.29, 1.82) is 0 Å². The van der Waals surface area contributed by atoms with Crippen molar-refractivity contribution in [1.82, 2.24) is 4.98 Å². The van der Waals surface area contributed by atoms with E-state index in [1.807, 2.05) is 12.1 Å². The predicted molar refractivity (Wildman–Crippen MR) is 109 cm³/mol. The summed E-state index contributed by atoms with van der Waals surface area (Å²) in [6.07, 6.45) is 3.13. The van der Waals surface area contributed by atoms with Gasteiger partial charge in [-0.3, -0.25) is 14.6 Å². The van der Waals surface area contributed by atoms with Crippen LogP contribution in [0.3, 0.4) is 0 Å². The molecule has 0 fully saturated rings. The van der Waals surface area contributed by atoms with Gasteiger partial charge in [0.15, 0.2) is 0 Å². The zero-order chi connectivity index (χ0) is 19.9. The van der Waals surface area contributed by atoms with Gasteiger partial charge in [0.05, 0.1) is 24.6 Å². The minimum absolute atomic E-state index is 0.125. The first kappa shape index (κ1) is 18.9. The molecule has 0 bridgehead atoms. The molecule has 3 rings (SSSR count). The molecule has 1 heterocycles. The summed E-state index contributed by atoms with van der Waals surface area (Å²) in [5.41, 5.74) is 3.29. The lowest BCUT2D eigenvalue weighted by Crippen LogP contribution is -2.12. The number of hydrogen-bond donors (Lipinski definition) is 3. The number of nitrogens with zero attached hydrogens (tertiary/aromatic N) is 1. The number of pyridine rings is 1. The summed E-state index contributed by atoms with van der Waals surface area (Å²) >= 11 is 0. The third-order valence-corrected chi connectivity index (χ3v) is 3.84. The highest BCUT2D eigenvalue weighted by molar-refractivity contribution is 6.04. The number of hydrogen-bond acceptors (Lipinski definition) is 5. The van der Waals surface area contributed by atoms with Crippen LogP contribution in [0, 0.1) is 0 Å². The molecule has 0 aliphatic carbocycles. The van der Waals surface area contributed by atoms with Gasteiger partial charge in [-0.1, -0.05) is 0 Å². The fourth-order valence-electron chi connectivity index (χ4n) is 2.52. The van der Waals surface area contributed by atoms with Gasteiger partial charge >= 0.3 is 0 Å². The number of methoxy groups -OCH3 is 1. The van der Waals surface area contributed by atoms with Crippen molar-refractivity contribution >= 4 is 34.6 Å². The minimum atomic E-state index is -0.262. The van der Waals surface area contributed by atoms with Gasteiger partial charge < -0.3 is 20.7 Å². The molecule has 2 amide bonds. The number of ether oxygens (including phenoxy) is 1. The molecule has 3 N–H and O–H groups in total. The van der Waals surface area contributed by atoms with Gasteiger partial charge in [0.2, 0.25) is 5.91 Å². The summed E-state index contributed by atoms with van der Waals surface area (Å²) in [7, 11) is 1.59. The standard InChI is InChI=1S/C21H20N4O3/c1-14(26)23-16-3-5-17(6-4-16)24-19-11-15(12-22-13-19)21(27)25-18-7-9-20(28-2)10-8-18/h3-13,24H,1-2H3,(H,23,26)(H,25,27). The maximum absolute atomic E-state index is 12.5. The molecule has 142 valence electrons. The molecule has 0 saturated carbocycles. The third kappa shape index (κ3) is 5.07. The highest BCUT2D eigenvalue weighted by atomic mass is 16.5. The van der Waals surface area contributed by atoms with Crippen molar-refractivity contribution in [3.05, 3.63) is 72.6 Å². The first-order valence-electron chi connectivity index (χ1n) is 8.58. The number of rotatable bonds is 6. The lowest BCUT2D eigenvalue weighted by atomic mass is 10.2. The average molecular weight is 376 g/mol. The summed E-state index contributed by atoms with van der Waals surface area (Å²) in [6, 6.07) is 16.0. The first-order chi connectivity index (χ1) is 13.5. The molecule has 0 spiro atoms. The van der Waals surface area contributed by atoms with Gasteiger partial charge in [-0.05, 0) is 54.6 Å². The molecule has 0 atom stereocenters. The Labute approximate surface area is 162 Å². The van der Waals surface area contributed by atoms with Crippen molar-refractivity contribution in [2.75, 3.05) is 23.1 Å². The second-order valence-electron chi connectivity index (χ2n) is 6.03. The van der Waals surface area contributed by atoms with E-state index in [9.17, 15) is 9.59 Å². The van der Waals surface area contributed by atoms with E-state index in [0.29, 0.717) is 22.6 Å². The Balaban J connectivity index is 1.67. The number of carbonyl (C=O) groups is 2. The van der Waals surface area contributed by atoms with Crippen molar-refractivity contribution in [3.63, 3.8) is 0 Å². The van der Waals surface area contributed by atoms with Gasteiger partial charge in [0.1, 0.15) is 5.75 Å². The van der Waals surface area contributed by atoms with Crippen LogP contribution in [0.25, 0.3) is 0 Å². The maximum Gasteiger partial charge on any atom is 0.257 e. The molecule has 2 aromatic carbocycles. The van der Waals surface area contributed by atoms with Gasteiger partial charge in [-0.15, -0.1) is 0 Å². The Kier molecular flexibility index (Phi) is 5.86. The summed E-state index contributed by atoms with van der Waals surface area (Å²) in [5, 5.41) is 8.72. The molecule has 0 aliphatic heterocycles. The second kappa shape index (κ2) is 8.68. The molecule has 3 aromatic rings. The minimum Gasteiger partial charge on any atom is -0.497 e. The van der Waals surface area contributed by atoms with E-state index in [-0.39, 0.29) is 11.8 Å². The normalized spacial score (nSPS) is 10.1. The largest absolute Gasteiger partial charge is 0.497 e. The van der Waals surface area contributed by atoms with Crippen LogP contribution in [0.1, 0.15) is 17.3 Å². The molecule has 0 unspecified atom stereocenters. The Bertz CT molecular complexity index is 970. The average Bonchev–Trinajstić information content (AvgIpc) is 2.70. The van der Waals surface area contributed by atoms with Crippen LogP contribution >= 0.6 is 0 Å². The molecule has 7 nitrogen and oxygen atoms in total. The smallest absolute Gasteiger partial charge is 0.257 e. The lowest BCUT2D eigenvalue weighted by molar-refractivity contribution is -0.114. The number of amides is 2.